The normalized spacial score (nSPS) is 15.2. The lowest BCUT2D eigenvalue weighted by atomic mass is 9.88. The molecule has 2 atom stereocenters. The summed E-state index contributed by atoms with van der Waals surface area (Å²) in [5, 5.41) is 0. The Kier molecular flexibility index (Phi) is 10.5. The van der Waals surface area contributed by atoms with E-state index in [1.165, 1.54) is 0 Å². The standard InChI is InChI=1S/C17H32O3/c1-8-15(20-9-2)12-19-11-10-16(18-7)17(13(3)4)14(5)6/h10,14-15,17H,3,8-9,11-12H2,1-2,4-7H3/b16-10-. The summed E-state index contributed by atoms with van der Waals surface area (Å²) in [6, 6.07) is 0. The van der Waals surface area contributed by atoms with Gasteiger partial charge in [0.25, 0.3) is 0 Å². The van der Waals surface area contributed by atoms with Gasteiger partial charge >= 0.3 is 0 Å². The van der Waals surface area contributed by atoms with Gasteiger partial charge in [0.05, 0.1) is 26.4 Å². The monoisotopic (exact) mass is 284 g/mol. The van der Waals surface area contributed by atoms with Crippen LogP contribution in [0.5, 0.6) is 0 Å². The molecule has 0 aromatic heterocycles. The molecule has 0 heterocycles. The molecule has 3 nitrogen and oxygen atoms in total. The van der Waals surface area contributed by atoms with Crippen molar-refractivity contribution >= 4 is 0 Å². The van der Waals surface area contributed by atoms with Crippen LogP contribution in [0, 0.1) is 11.8 Å². The zero-order valence-corrected chi connectivity index (χ0v) is 14.1. The molecular weight excluding hydrogens is 252 g/mol. The van der Waals surface area contributed by atoms with Gasteiger partial charge in [-0.2, -0.15) is 0 Å². The number of allylic oxidation sites excluding steroid dienone is 1. The van der Waals surface area contributed by atoms with Crippen LogP contribution in [0.3, 0.4) is 0 Å². The molecule has 0 saturated heterocycles. The lowest BCUT2D eigenvalue weighted by molar-refractivity contribution is -0.00667. The van der Waals surface area contributed by atoms with Gasteiger partial charge in [0, 0.05) is 12.5 Å². The van der Waals surface area contributed by atoms with Crippen LogP contribution in [0.15, 0.2) is 24.0 Å². The number of ether oxygens (including phenoxy) is 3. The highest BCUT2D eigenvalue weighted by Crippen LogP contribution is 2.27. The molecule has 0 radical (unpaired) electrons. The Morgan fingerprint density at radius 2 is 1.90 bits per heavy atom. The maximum absolute atomic E-state index is 5.67. The lowest BCUT2D eigenvalue weighted by Gasteiger charge is -2.23. The predicted octanol–water partition coefficient (Wildman–Crippen LogP) is 4.20. The average Bonchev–Trinajstić information content (AvgIpc) is 2.39. The fourth-order valence-corrected chi connectivity index (χ4v) is 2.34. The third-order valence-corrected chi connectivity index (χ3v) is 3.30. The van der Waals surface area contributed by atoms with Crippen LogP contribution in [0.2, 0.25) is 0 Å². The van der Waals surface area contributed by atoms with Crippen LogP contribution in [-0.2, 0) is 14.2 Å². The van der Waals surface area contributed by atoms with E-state index in [9.17, 15) is 0 Å². The summed E-state index contributed by atoms with van der Waals surface area (Å²) >= 11 is 0. The van der Waals surface area contributed by atoms with Crippen LogP contribution < -0.4 is 0 Å². The van der Waals surface area contributed by atoms with E-state index >= 15 is 0 Å². The number of methoxy groups -OCH3 is 1. The van der Waals surface area contributed by atoms with Crippen molar-refractivity contribution in [1.29, 1.82) is 0 Å². The molecule has 2 unspecified atom stereocenters. The highest BCUT2D eigenvalue weighted by Gasteiger charge is 2.19. The Balaban J connectivity index is 4.41. The van der Waals surface area contributed by atoms with E-state index in [1.54, 1.807) is 7.11 Å². The summed E-state index contributed by atoms with van der Waals surface area (Å²) in [4.78, 5) is 0. The van der Waals surface area contributed by atoms with Gasteiger partial charge in [-0.05, 0) is 32.3 Å². The number of hydrogen-bond donors (Lipinski definition) is 0. The molecule has 0 N–H and O–H groups in total. The van der Waals surface area contributed by atoms with Crippen molar-refractivity contribution in [1.82, 2.24) is 0 Å². The van der Waals surface area contributed by atoms with E-state index in [0.29, 0.717) is 19.1 Å². The summed E-state index contributed by atoms with van der Waals surface area (Å²) in [5.74, 6) is 1.65. The number of hydrogen-bond acceptors (Lipinski definition) is 3. The van der Waals surface area contributed by atoms with Gasteiger partial charge in [-0.15, -0.1) is 0 Å². The predicted molar refractivity (Wildman–Crippen MR) is 84.8 cm³/mol. The molecule has 0 aliphatic carbocycles. The van der Waals surface area contributed by atoms with E-state index in [0.717, 1.165) is 24.4 Å². The minimum atomic E-state index is 0.182. The maximum atomic E-state index is 5.67. The van der Waals surface area contributed by atoms with E-state index in [4.69, 9.17) is 14.2 Å². The van der Waals surface area contributed by atoms with Crippen LogP contribution >= 0.6 is 0 Å². The lowest BCUT2D eigenvalue weighted by Crippen LogP contribution is -2.19. The molecular formula is C17H32O3. The maximum Gasteiger partial charge on any atom is 0.101 e. The van der Waals surface area contributed by atoms with Crippen LogP contribution in [0.1, 0.15) is 41.0 Å². The Morgan fingerprint density at radius 1 is 1.25 bits per heavy atom. The van der Waals surface area contributed by atoms with Gasteiger partial charge < -0.3 is 14.2 Å². The first-order valence-electron chi connectivity index (χ1n) is 7.56. The van der Waals surface area contributed by atoms with Gasteiger partial charge in [0.1, 0.15) is 5.76 Å². The SMILES string of the molecule is C=C(C)C(/C(=C/COCC(CC)OCC)OC)C(C)C. The zero-order valence-electron chi connectivity index (χ0n) is 14.1. The molecule has 20 heavy (non-hydrogen) atoms. The van der Waals surface area contributed by atoms with Crippen LogP contribution in [-0.4, -0.2) is 33.0 Å². The molecule has 0 rings (SSSR count). The average molecular weight is 284 g/mol. The van der Waals surface area contributed by atoms with E-state index in [1.807, 2.05) is 19.9 Å². The second-order valence-electron chi connectivity index (χ2n) is 5.40. The van der Waals surface area contributed by atoms with Gasteiger partial charge in [0.2, 0.25) is 0 Å². The minimum Gasteiger partial charge on any atom is -0.501 e. The second kappa shape index (κ2) is 10.9. The van der Waals surface area contributed by atoms with E-state index in [-0.39, 0.29) is 12.0 Å². The molecule has 0 aliphatic rings. The van der Waals surface area contributed by atoms with E-state index < -0.39 is 0 Å². The van der Waals surface area contributed by atoms with Crippen molar-refractivity contribution in [3.05, 3.63) is 24.0 Å². The second-order valence-corrected chi connectivity index (χ2v) is 5.40. The Morgan fingerprint density at radius 3 is 2.30 bits per heavy atom. The number of rotatable bonds is 11. The van der Waals surface area contributed by atoms with Gasteiger partial charge in [-0.3, -0.25) is 0 Å². The first-order valence-corrected chi connectivity index (χ1v) is 7.56. The molecule has 0 aromatic carbocycles. The molecule has 3 heteroatoms. The minimum absolute atomic E-state index is 0.182. The van der Waals surface area contributed by atoms with Gasteiger partial charge in [-0.1, -0.05) is 32.9 Å². The highest BCUT2D eigenvalue weighted by atomic mass is 16.5. The van der Waals surface area contributed by atoms with Crippen molar-refractivity contribution in [2.45, 2.75) is 47.1 Å². The summed E-state index contributed by atoms with van der Waals surface area (Å²) in [6.07, 6.45) is 3.16. The molecule has 0 aliphatic heterocycles. The van der Waals surface area contributed by atoms with Crippen LogP contribution in [0.4, 0.5) is 0 Å². The first kappa shape index (κ1) is 19.2. The molecule has 0 bridgehead atoms. The topological polar surface area (TPSA) is 27.7 Å². The molecule has 0 aromatic rings. The highest BCUT2D eigenvalue weighted by molar-refractivity contribution is 5.14. The first-order chi connectivity index (χ1) is 9.47. The summed E-state index contributed by atoms with van der Waals surface area (Å²) in [6.45, 7) is 16.5. The smallest absolute Gasteiger partial charge is 0.101 e. The quantitative estimate of drug-likeness (QED) is 0.323. The van der Waals surface area contributed by atoms with Crippen molar-refractivity contribution in [3.8, 4) is 0 Å². The summed E-state index contributed by atoms with van der Waals surface area (Å²) < 4.78 is 16.7. The molecule has 0 spiro atoms. The largest absolute Gasteiger partial charge is 0.501 e. The van der Waals surface area contributed by atoms with Gasteiger partial charge in [-0.25, -0.2) is 0 Å². The fourth-order valence-electron chi connectivity index (χ4n) is 2.34. The Labute approximate surface area is 125 Å². The van der Waals surface area contributed by atoms with Crippen LogP contribution in [0.25, 0.3) is 0 Å². The van der Waals surface area contributed by atoms with Crippen molar-refractivity contribution < 1.29 is 14.2 Å². The van der Waals surface area contributed by atoms with Crippen molar-refractivity contribution in [2.75, 3.05) is 26.9 Å². The van der Waals surface area contributed by atoms with Crippen molar-refractivity contribution in [3.63, 3.8) is 0 Å². The fraction of sp³-hybridized carbons (Fsp3) is 0.765. The third-order valence-electron chi connectivity index (χ3n) is 3.30. The molecule has 0 saturated carbocycles. The van der Waals surface area contributed by atoms with Crippen molar-refractivity contribution in [2.24, 2.45) is 11.8 Å². The van der Waals surface area contributed by atoms with Gasteiger partial charge in [0.15, 0.2) is 0 Å². The summed E-state index contributed by atoms with van der Waals surface area (Å²) in [5.41, 5.74) is 1.12. The molecule has 0 amide bonds. The molecule has 118 valence electrons. The molecule has 0 fully saturated rings. The third kappa shape index (κ3) is 7.11. The summed E-state index contributed by atoms with van der Waals surface area (Å²) in [7, 11) is 1.71. The Hall–Kier alpha value is -0.800. The zero-order chi connectivity index (χ0) is 15.5. The Bertz CT molecular complexity index is 295. The van der Waals surface area contributed by atoms with E-state index in [2.05, 4.69) is 27.4 Å².